The molecule has 0 aromatic heterocycles. The molecule has 0 radical (unpaired) electrons. The minimum atomic E-state index is -0.315. The summed E-state index contributed by atoms with van der Waals surface area (Å²) in [5, 5.41) is 5.27. The third-order valence-electron chi connectivity index (χ3n) is 3.54. The molecule has 2 N–H and O–H groups in total. The lowest BCUT2D eigenvalue weighted by Crippen LogP contribution is -2.36. The fourth-order valence-electron chi connectivity index (χ4n) is 2.13. The summed E-state index contributed by atoms with van der Waals surface area (Å²) in [6, 6.07) is 11.4. The second kappa shape index (κ2) is 8.82. The molecule has 25 heavy (non-hydrogen) atoms. The molecule has 0 unspecified atom stereocenters. The fourth-order valence-corrected chi connectivity index (χ4v) is 2.13. The van der Waals surface area contributed by atoms with Gasteiger partial charge in [-0.2, -0.15) is 0 Å². The maximum atomic E-state index is 12.9. The van der Waals surface area contributed by atoms with Crippen LogP contribution in [0.25, 0.3) is 0 Å². The number of carbonyl (C=O) groups is 2. The minimum Gasteiger partial charge on any atom is -0.457 e. The first-order valence-corrected chi connectivity index (χ1v) is 8.04. The molecule has 0 saturated carbocycles. The number of ether oxygens (including phenoxy) is 1. The average molecular weight is 344 g/mol. The number of carbonyl (C=O) groups excluding carboxylic acids is 2. The Kier molecular flexibility index (Phi) is 6.51. The third kappa shape index (κ3) is 5.91. The first kappa shape index (κ1) is 18.4. The zero-order valence-electron chi connectivity index (χ0n) is 14.3. The van der Waals surface area contributed by atoms with E-state index in [0.29, 0.717) is 24.5 Å². The van der Waals surface area contributed by atoms with Crippen molar-refractivity contribution in [1.82, 2.24) is 10.6 Å². The SMILES string of the molecule is CCC(=O)NCC(=O)NCc1ccc(Oc2ccc(F)cc2)c(C)c1. The van der Waals surface area contributed by atoms with E-state index in [2.05, 4.69) is 10.6 Å². The molecule has 0 bridgehead atoms. The normalized spacial score (nSPS) is 10.2. The van der Waals surface area contributed by atoms with Crippen LogP contribution in [0.5, 0.6) is 11.5 Å². The highest BCUT2D eigenvalue weighted by atomic mass is 19.1. The van der Waals surface area contributed by atoms with Crippen molar-refractivity contribution >= 4 is 11.8 Å². The Hall–Kier alpha value is -2.89. The van der Waals surface area contributed by atoms with Gasteiger partial charge < -0.3 is 15.4 Å². The predicted octanol–water partition coefficient (Wildman–Crippen LogP) is 3.07. The van der Waals surface area contributed by atoms with Gasteiger partial charge in [-0.15, -0.1) is 0 Å². The second-order valence-corrected chi connectivity index (χ2v) is 5.56. The second-order valence-electron chi connectivity index (χ2n) is 5.56. The highest BCUT2D eigenvalue weighted by molar-refractivity contribution is 5.84. The van der Waals surface area contributed by atoms with Crippen LogP contribution in [0, 0.1) is 12.7 Å². The molecule has 0 fully saturated rings. The molecule has 2 amide bonds. The average Bonchev–Trinajstić information content (AvgIpc) is 2.61. The van der Waals surface area contributed by atoms with Gasteiger partial charge in [0.15, 0.2) is 0 Å². The monoisotopic (exact) mass is 344 g/mol. The summed E-state index contributed by atoms with van der Waals surface area (Å²) < 4.78 is 18.6. The summed E-state index contributed by atoms with van der Waals surface area (Å²) in [7, 11) is 0. The van der Waals surface area contributed by atoms with Gasteiger partial charge in [0, 0.05) is 13.0 Å². The van der Waals surface area contributed by atoms with Gasteiger partial charge in [-0.1, -0.05) is 19.1 Å². The quantitative estimate of drug-likeness (QED) is 0.811. The standard InChI is InChI=1S/C19H21FN2O3/c1-3-18(23)22-12-19(24)21-11-14-4-9-17(13(2)10-14)25-16-7-5-15(20)6-8-16/h4-10H,3,11-12H2,1-2H3,(H,21,24)(H,22,23). The van der Waals surface area contributed by atoms with Gasteiger partial charge in [-0.3, -0.25) is 9.59 Å². The Bertz CT molecular complexity index is 745. The van der Waals surface area contributed by atoms with E-state index in [4.69, 9.17) is 4.74 Å². The minimum absolute atomic E-state index is 0.0303. The van der Waals surface area contributed by atoms with Gasteiger partial charge in [0.05, 0.1) is 6.54 Å². The van der Waals surface area contributed by atoms with E-state index in [9.17, 15) is 14.0 Å². The van der Waals surface area contributed by atoms with Crippen LogP contribution >= 0.6 is 0 Å². The molecule has 0 aliphatic rings. The van der Waals surface area contributed by atoms with E-state index in [1.807, 2.05) is 19.1 Å². The first-order chi connectivity index (χ1) is 12.0. The van der Waals surface area contributed by atoms with E-state index in [0.717, 1.165) is 11.1 Å². The molecular formula is C19H21FN2O3. The van der Waals surface area contributed by atoms with Crippen LogP contribution in [-0.4, -0.2) is 18.4 Å². The molecule has 6 heteroatoms. The van der Waals surface area contributed by atoms with Gasteiger partial charge in [-0.05, 0) is 48.4 Å². The maximum absolute atomic E-state index is 12.9. The molecule has 0 heterocycles. The van der Waals surface area contributed by atoms with E-state index < -0.39 is 0 Å². The Morgan fingerprint density at radius 1 is 1.04 bits per heavy atom. The highest BCUT2D eigenvalue weighted by Crippen LogP contribution is 2.25. The number of benzene rings is 2. The maximum Gasteiger partial charge on any atom is 0.239 e. The van der Waals surface area contributed by atoms with Crippen LogP contribution in [0.2, 0.25) is 0 Å². The van der Waals surface area contributed by atoms with Crippen molar-refractivity contribution < 1.29 is 18.7 Å². The molecule has 2 rings (SSSR count). The highest BCUT2D eigenvalue weighted by Gasteiger charge is 2.06. The molecule has 0 aliphatic heterocycles. The van der Waals surface area contributed by atoms with Gasteiger partial charge in [0.2, 0.25) is 11.8 Å². The first-order valence-electron chi connectivity index (χ1n) is 8.04. The van der Waals surface area contributed by atoms with Gasteiger partial charge >= 0.3 is 0 Å². The van der Waals surface area contributed by atoms with Crippen molar-refractivity contribution in [2.24, 2.45) is 0 Å². The zero-order chi connectivity index (χ0) is 18.2. The summed E-state index contributed by atoms with van der Waals surface area (Å²) in [6.07, 6.45) is 0.349. The number of rotatable bonds is 7. The molecular weight excluding hydrogens is 323 g/mol. The molecule has 0 saturated heterocycles. The van der Waals surface area contributed by atoms with Gasteiger partial charge in [0.25, 0.3) is 0 Å². The summed E-state index contributed by atoms with van der Waals surface area (Å²) in [5.74, 6) is 0.499. The Labute approximate surface area is 146 Å². The molecule has 0 spiro atoms. The number of hydrogen-bond acceptors (Lipinski definition) is 3. The van der Waals surface area contributed by atoms with E-state index >= 15 is 0 Å². The molecule has 0 atom stereocenters. The fraction of sp³-hybridized carbons (Fsp3) is 0.263. The lowest BCUT2D eigenvalue weighted by atomic mass is 10.1. The number of halogens is 1. The molecule has 2 aromatic carbocycles. The van der Waals surface area contributed by atoms with Crippen LogP contribution in [0.4, 0.5) is 4.39 Å². The Morgan fingerprint density at radius 2 is 1.76 bits per heavy atom. The Morgan fingerprint density at radius 3 is 2.40 bits per heavy atom. The Balaban J connectivity index is 1.89. The molecule has 2 aromatic rings. The van der Waals surface area contributed by atoms with E-state index in [1.54, 1.807) is 25.1 Å². The summed E-state index contributed by atoms with van der Waals surface area (Å²) in [6.45, 7) is 3.95. The third-order valence-corrected chi connectivity index (χ3v) is 3.54. The van der Waals surface area contributed by atoms with Crippen molar-refractivity contribution in [1.29, 1.82) is 0 Å². The van der Waals surface area contributed by atoms with Crippen LogP contribution in [0.1, 0.15) is 24.5 Å². The molecule has 132 valence electrons. The summed E-state index contributed by atoms with van der Waals surface area (Å²) in [4.78, 5) is 22.8. The molecule has 0 aliphatic carbocycles. The predicted molar refractivity (Wildman–Crippen MR) is 92.8 cm³/mol. The summed E-state index contributed by atoms with van der Waals surface area (Å²) >= 11 is 0. The number of amides is 2. The van der Waals surface area contributed by atoms with E-state index in [1.165, 1.54) is 12.1 Å². The topological polar surface area (TPSA) is 67.4 Å². The summed E-state index contributed by atoms with van der Waals surface area (Å²) in [5.41, 5.74) is 1.81. The van der Waals surface area contributed by atoms with Crippen molar-refractivity contribution in [2.45, 2.75) is 26.8 Å². The van der Waals surface area contributed by atoms with E-state index in [-0.39, 0.29) is 24.2 Å². The van der Waals surface area contributed by atoms with Crippen LogP contribution in [0.3, 0.4) is 0 Å². The van der Waals surface area contributed by atoms with Crippen molar-refractivity contribution in [2.75, 3.05) is 6.54 Å². The number of nitrogens with one attached hydrogen (secondary N) is 2. The zero-order valence-corrected chi connectivity index (χ0v) is 14.3. The largest absolute Gasteiger partial charge is 0.457 e. The van der Waals surface area contributed by atoms with Gasteiger partial charge in [0.1, 0.15) is 17.3 Å². The van der Waals surface area contributed by atoms with Crippen LogP contribution < -0.4 is 15.4 Å². The van der Waals surface area contributed by atoms with Crippen molar-refractivity contribution in [3.05, 3.63) is 59.4 Å². The van der Waals surface area contributed by atoms with Crippen LogP contribution in [0.15, 0.2) is 42.5 Å². The lowest BCUT2D eigenvalue weighted by molar-refractivity contribution is -0.126. The van der Waals surface area contributed by atoms with Crippen molar-refractivity contribution in [3.63, 3.8) is 0 Å². The smallest absolute Gasteiger partial charge is 0.239 e. The lowest BCUT2D eigenvalue weighted by Gasteiger charge is -2.11. The number of hydrogen-bond donors (Lipinski definition) is 2. The van der Waals surface area contributed by atoms with Gasteiger partial charge in [-0.25, -0.2) is 4.39 Å². The van der Waals surface area contributed by atoms with Crippen molar-refractivity contribution in [3.8, 4) is 11.5 Å². The number of aryl methyl sites for hydroxylation is 1. The molecule has 5 nitrogen and oxygen atoms in total. The van der Waals surface area contributed by atoms with Crippen LogP contribution in [-0.2, 0) is 16.1 Å².